The van der Waals surface area contributed by atoms with Gasteiger partial charge in [-0.2, -0.15) is 22.8 Å². The van der Waals surface area contributed by atoms with Crippen molar-refractivity contribution in [2.24, 2.45) is 5.92 Å². The molecule has 1 fully saturated rings. The van der Waals surface area contributed by atoms with Crippen molar-refractivity contribution in [1.82, 2.24) is 29.6 Å². The lowest BCUT2D eigenvalue weighted by molar-refractivity contribution is -0.146. The van der Waals surface area contributed by atoms with E-state index in [1.807, 2.05) is 11.8 Å². The number of hydrogen-bond donors (Lipinski definition) is 0. The van der Waals surface area contributed by atoms with E-state index in [9.17, 15) is 18.0 Å². The summed E-state index contributed by atoms with van der Waals surface area (Å²) in [5.74, 6) is -0.418. The minimum Gasteiger partial charge on any atom is -0.355 e. The van der Waals surface area contributed by atoms with Crippen LogP contribution in [-0.4, -0.2) is 42.7 Å². The second kappa shape index (κ2) is 6.88. The number of anilines is 1. The van der Waals surface area contributed by atoms with Crippen LogP contribution in [0.2, 0.25) is 0 Å². The predicted molar refractivity (Wildman–Crippen MR) is 94.0 cm³/mol. The van der Waals surface area contributed by atoms with Gasteiger partial charge in [-0.15, -0.1) is 15.3 Å². The highest BCUT2D eigenvalue weighted by Gasteiger charge is 2.37. The van der Waals surface area contributed by atoms with Gasteiger partial charge in [0.25, 0.3) is 11.4 Å². The standard InChI is InChI=1S/C17H18F3N7O/c1-11-2-5-15(28)26(23-11)10-12-6-8-25(9-7-12)14-4-3-13-21-22-16(17(18,19)20)27(13)24-14/h2-5,12H,6-10H2,1H3. The van der Waals surface area contributed by atoms with Gasteiger partial charge in [-0.25, -0.2) is 4.68 Å². The molecule has 0 amide bonds. The van der Waals surface area contributed by atoms with Gasteiger partial charge in [0, 0.05) is 25.7 Å². The second-order valence-electron chi connectivity index (χ2n) is 6.91. The van der Waals surface area contributed by atoms with Gasteiger partial charge >= 0.3 is 6.18 Å². The molecule has 1 saturated heterocycles. The van der Waals surface area contributed by atoms with E-state index in [1.165, 1.54) is 16.8 Å². The zero-order chi connectivity index (χ0) is 19.9. The molecule has 1 aliphatic rings. The zero-order valence-electron chi connectivity index (χ0n) is 15.1. The Morgan fingerprint density at radius 3 is 2.54 bits per heavy atom. The third-order valence-electron chi connectivity index (χ3n) is 4.87. The molecule has 0 aromatic carbocycles. The molecule has 3 aromatic rings. The lowest BCUT2D eigenvalue weighted by Crippen LogP contribution is -2.37. The van der Waals surface area contributed by atoms with Crippen LogP contribution in [-0.2, 0) is 12.7 Å². The average molecular weight is 393 g/mol. The van der Waals surface area contributed by atoms with Crippen molar-refractivity contribution in [3.05, 3.63) is 46.1 Å². The van der Waals surface area contributed by atoms with E-state index in [0.29, 0.717) is 25.5 Å². The second-order valence-corrected chi connectivity index (χ2v) is 6.91. The van der Waals surface area contributed by atoms with E-state index in [4.69, 9.17) is 0 Å². The summed E-state index contributed by atoms with van der Waals surface area (Å²) in [6, 6.07) is 6.32. The number of alkyl halides is 3. The van der Waals surface area contributed by atoms with Gasteiger partial charge in [0.15, 0.2) is 5.65 Å². The molecule has 0 aliphatic carbocycles. The van der Waals surface area contributed by atoms with Crippen molar-refractivity contribution in [3.63, 3.8) is 0 Å². The molecule has 4 heterocycles. The molecule has 11 heteroatoms. The molecule has 0 N–H and O–H groups in total. The molecular weight excluding hydrogens is 375 g/mol. The highest BCUT2D eigenvalue weighted by Crippen LogP contribution is 2.28. The van der Waals surface area contributed by atoms with Crippen LogP contribution < -0.4 is 10.5 Å². The molecule has 0 atom stereocenters. The van der Waals surface area contributed by atoms with Crippen molar-refractivity contribution >= 4 is 11.5 Å². The summed E-state index contributed by atoms with van der Waals surface area (Å²) in [5.41, 5.74) is 0.701. The first-order valence-corrected chi connectivity index (χ1v) is 8.90. The Labute approximate surface area is 157 Å². The van der Waals surface area contributed by atoms with Crippen LogP contribution in [0.3, 0.4) is 0 Å². The van der Waals surface area contributed by atoms with Crippen molar-refractivity contribution in [3.8, 4) is 0 Å². The molecular formula is C17H18F3N7O. The Bertz CT molecular complexity index is 1050. The van der Waals surface area contributed by atoms with E-state index in [0.717, 1.165) is 23.1 Å². The van der Waals surface area contributed by atoms with E-state index in [1.54, 1.807) is 12.1 Å². The summed E-state index contributed by atoms with van der Waals surface area (Å²) < 4.78 is 41.3. The van der Waals surface area contributed by atoms with E-state index in [2.05, 4.69) is 20.4 Å². The van der Waals surface area contributed by atoms with Crippen molar-refractivity contribution < 1.29 is 13.2 Å². The van der Waals surface area contributed by atoms with Crippen LogP contribution in [0.4, 0.5) is 19.0 Å². The minimum atomic E-state index is -4.62. The predicted octanol–water partition coefficient (Wildman–Crippen LogP) is 1.92. The Morgan fingerprint density at radius 2 is 1.82 bits per heavy atom. The summed E-state index contributed by atoms with van der Waals surface area (Å²) in [6.45, 7) is 3.63. The first-order valence-electron chi connectivity index (χ1n) is 8.90. The number of rotatable bonds is 3. The zero-order valence-corrected chi connectivity index (χ0v) is 15.1. The Kier molecular flexibility index (Phi) is 4.52. The fourth-order valence-electron chi connectivity index (χ4n) is 3.40. The van der Waals surface area contributed by atoms with Crippen LogP contribution in [0, 0.1) is 12.8 Å². The number of nitrogens with zero attached hydrogens (tertiary/aromatic N) is 7. The molecule has 0 spiro atoms. The normalized spacial score (nSPS) is 16.1. The smallest absolute Gasteiger partial charge is 0.355 e. The lowest BCUT2D eigenvalue weighted by Gasteiger charge is -2.32. The van der Waals surface area contributed by atoms with Gasteiger partial charge in [0.1, 0.15) is 5.82 Å². The number of piperidine rings is 1. The molecule has 148 valence electrons. The quantitative estimate of drug-likeness (QED) is 0.676. The van der Waals surface area contributed by atoms with E-state index < -0.39 is 12.0 Å². The number of hydrogen-bond acceptors (Lipinski definition) is 6. The first kappa shape index (κ1) is 18.4. The van der Waals surface area contributed by atoms with Gasteiger partial charge in [-0.3, -0.25) is 4.79 Å². The van der Waals surface area contributed by atoms with Gasteiger partial charge in [0.2, 0.25) is 0 Å². The molecule has 4 rings (SSSR count). The average Bonchev–Trinajstić information content (AvgIpc) is 3.09. The van der Waals surface area contributed by atoms with Gasteiger partial charge < -0.3 is 4.90 Å². The lowest BCUT2D eigenvalue weighted by atomic mass is 9.97. The minimum absolute atomic E-state index is 0.0517. The largest absolute Gasteiger partial charge is 0.453 e. The molecule has 0 radical (unpaired) electrons. The molecule has 3 aromatic heterocycles. The molecule has 1 aliphatic heterocycles. The van der Waals surface area contributed by atoms with Crippen molar-refractivity contribution in [1.29, 1.82) is 0 Å². The summed E-state index contributed by atoms with van der Waals surface area (Å²) in [7, 11) is 0. The summed E-state index contributed by atoms with van der Waals surface area (Å²) in [5, 5.41) is 15.1. The SMILES string of the molecule is Cc1ccc(=O)n(CC2CCN(c3ccc4nnc(C(F)(F)F)n4n3)CC2)n1. The van der Waals surface area contributed by atoms with Gasteiger partial charge in [0.05, 0.1) is 5.69 Å². The van der Waals surface area contributed by atoms with Crippen LogP contribution in [0.5, 0.6) is 0 Å². The maximum absolute atomic E-state index is 13.0. The first-order chi connectivity index (χ1) is 13.3. The number of aryl methyl sites for hydroxylation is 1. The molecule has 8 nitrogen and oxygen atoms in total. The maximum atomic E-state index is 13.0. The number of aromatic nitrogens is 6. The van der Waals surface area contributed by atoms with Crippen LogP contribution in [0.15, 0.2) is 29.1 Å². The monoisotopic (exact) mass is 393 g/mol. The highest BCUT2D eigenvalue weighted by atomic mass is 19.4. The molecule has 28 heavy (non-hydrogen) atoms. The van der Waals surface area contributed by atoms with Crippen LogP contribution >= 0.6 is 0 Å². The van der Waals surface area contributed by atoms with Crippen molar-refractivity contribution in [2.75, 3.05) is 18.0 Å². The Morgan fingerprint density at radius 1 is 1.07 bits per heavy atom. The third kappa shape index (κ3) is 3.56. The highest BCUT2D eigenvalue weighted by molar-refractivity contribution is 5.46. The fourth-order valence-corrected chi connectivity index (χ4v) is 3.40. The topological polar surface area (TPSA) is 81.2 Å². The van der Waals surface area contributed by atoms with E-state index >= 15 is 0 Å². The molecule has 0 unspecified atom stereocenters. The number of fused-ring (bicyclic) bond motifs is 1. The Hall–Kier alpha value is -2.98. The molecule has 0 saturated carbocycles. The Balaban J connectivity index is 1.48. The third-order valence-corrected chi connectivity index (χ3v) is 4.87. The summed E-state index contributed by atoms with van der Waals surface area (Å²) in [4.78, 5) is 13.8. The van der Waals surface area contributed by atoms with Gasteiger partial charge in [-0.05, 0) is 43.9 Å². The van der Waals surface area contributed by atoms with Crippen molar-refractivity contribution in [2.45, 2.75) is 32.5 Å². The number of halogens is 3. The maximum Gasteiger partial charge on any atom is 0.453 e. The van der Waals surface area contributed by atoms with E-state index in [-0.39, 0.29) is 17.1 Å². The van der Waals surface area contributed by atoms with Crippen LogP contribution in [0.25, 0.3) is 5.65 Å². The summed E-state index contributed by atoms with van der Waals surface area (Å²) >= 11 is 0. The van der Waals surface area contributed by atoms with Crippen LogP contribution in [0.1, 0.15) is 24.4 Å². The van der Waals surface area contributed by atoms with Gasteiger partial charge in [-0.1, -0.05) is 0 Å². The molecule has 0 bridgehead atoms. The summed E-state index contributed by atoms with van der Waals surface area (Å²) in [6.07, 6.45) is -3.04. The fraction of sp³-hybridized carbons (Fsp3) is 0.471.